The normalized spacial score (nSPS) is 15.1. The molecule has 0 aliphatic heterocycles. The van der Waals surface area contributed by atoms with Gasteiger partial charge in [-0.1, -0.05) is 6.92 Å². The van der Waals surface area contributed by atoms with Crippen molar-refractivity contribution in [1.82, 2.24) is 9.97 Å². The third-order valence-corrected chi connectivity index (χ3v) is 3.45. The van der Waals surface area contributed by atoms with Gasteiger partial charge in [-0.15, -0.1) is 0 Å². The van der Waals surface area contributed by atoms with E-state index in [1.54, 1.807) is 6.20 Å². The Balaban J connectivity index is 2.06. The van der Waals surface area contributed by atoms with Crippen LogP contribution in [0.5, 0.6) is 5.88 Å². The van der Waals surface area contributed by atoms with Crippen molar-refractivity contribution in [2.24, 2.45) is 5.73 Å². The summed E-state index contributed by atoms with van der Waals surface area (Å²) in [5.41, 5.74) is 5.62. The fourth-order valence-corrected chi connectivity index (χ4v) is 2.16. The molecule has 106 valence electrons. The molecule has 19 heavy (non-hydrogen) atoms. The van der Waals surface area contributed by atoms with Gasteiger partial charge in [-0.05, 0) is 38.6 Å². The van der Waals surface area contributed by atoms with Gasteiger partial charge in [-0.25, -0.2) is 4.98 Å². The maximum atomic E-state index is 5.62. The van der Waals surface area contributed by atoms with Gasteiger partial charge in [0, 0.05) is 24.8 Å². The number of rotatable bonds is 8. The van der Waals surface area contributed by atoms with Crippen molar-refractivity contribution in [3.8, 4) is 5.88 Å². The standard InChI is InChI=1S/C14H24N4O/c1-2-11-19-13-7-9-16-14(17-13)18(10-4-8-15)12-5-3-6-12/h7,9,12H,2-6,8,10-11,15H2,1H3. The molecule has 0 radical (unpaired) electrons. The Hall–Kier alpha value is -1.36. The van der Waals surface area contributed by atoms with E-state index in [4.69, 9.17) is 10.5 Å². The topological polar surface area (TPSA) is 64.3 Å². The summed E-state index contributed by atoms with van der Waals surface area (Å²) in [6.45, 7) is 4.42. The van der Waals surface area contributed by atoms with E-state index in [0.717, 1.165) is 25.3 Å². The first-order chi connectivity index (χ1) is 9.35. The van der Waals surface area contributed by atoms with Crippen LogP contribution in [0.25, 0.3) is 0 Å². The van der Waals surface area contributed by atoms with Crippen LogP contribution >= 0.6 is 0 Å². The molecule has 0 aromatic carbocycles. The van der Waals surface area contributed by atoms with Crippen LogP contribution in [0, 0.1) is 0 Å². The molecule has 1 aliphatic carbocycles. The molecular weight excluding hydrogens is 240 g/mol. The minimum absolute atomic E-state index is 0.577. The summed E-state index contributed by atoms with van der Waals surface area (Å²) in [6, 6.07) is 2.40. The molecule has 0 atom stereocenters. The third kappa shape index (κ3) is 3.80. The van der Waals surface area contributed by atoms with E-state index in [1.807, 2.05) is 6.07 Å². The van der Waals surface area contributed by atoms with E-state index < -0.39 is 0 Å². The maximum absolute atomic E-state index is 5.62. The van der Waals surface area contributed by atoms with Gasteiger partial charge in [-0.3, -0.25) is 0 Å². The Labute approximate surface area is 115 Å². The predicted molar refractivity (Wildman–Crippen MR) is 76.5 cm³/mol. The van der Waals surface area contributed by atoms with Gasteiger partial charge >= 0.3 is 0 Å². The fraction of sp³-hybridized carbons (Fsp3) is 0.714. The maximum Gasteiger partial charge on any atom is 0.228 e. The van der Waals surface area contributed by atoms with Gasteiger partial charge in [-0.2, -0.15) is 4.98 Å². The number of hydrogen-bond acceptors (Lipinski definition) is 5. The van der Waals surface area contributed by atoms with Gasteiger partial charge in [0.05, 0.1) is 6.61 Å². The Morgan fingerprint density at radius 2 is 2.32 bits per heavy atom. The zero-order chi connectivity index (χ0) is 13.5. The summed E-state index contributed by atoms with van der Waals surface area (Å²) >= 11 is 0. The Morgan fingerprint density at radius 3 is 2.95 bits per heavy atom. The first-order valence-corrected chi connectivity index (χ1v) is 7.27. The molecule has 0 saturated heterocycles. The highest BCUT2D eigenvalue weighted by molar-refractivity contribution is 5.34. The lowest BCUT2D eigenvalue weighted by molar-refractivity contribution is 0.303. The predicted octanol–water partition coefficient (Wildman–Crippen LogP) is 1.97. The number of aromatic nitrogens is 2. The van der Waals surface area contributed by atoms with E-state index >= 15 is 0 Å². The van der Waals surface area contributed by atoms with Gasteiger partial charge in [0.1, 0.15) is 0 Å². The third-order valence-electron chi connectivity index (χ3n) is 3.45. The van der Waals surface area contributed by atoms with Gasteiger partial charge in [0.15, 0.2) is 0 Å². The lowest BCUT2D eigenvalue weighted by Gasteiger charge is -2.37. The molecule has 1 heterocycles. The first kappa shape index (κ1) is 14.1. The van der Waals surface area contributed by atoms with Crippen molar-refractivity contribution in [3.63, 3.8) is 0 Å². The van der Waals surface area contributed by atoms with Crippen LogP contribution < -0.4 is 15.4 Å². The molecule has 0 spiro atoms. The smallest absolute Gasteiger partial charge is 0.228 e. The van der Waals surface area contributed by atoms with E-state index in [9.17, 15) is 0 Å². The molecular formula is C14H24N4O. The zero-order valence-electron chi connectivity index (χ0n) is 11.7. The van der Waals surface area contributed by atoms with Crippen LogP contribution in [0.2, 0.25) is 0 Å². The molecule has 5 nitrogen and oxygen atoms in total. The Morgan fingerprint density at radius 1 is 1.47 bits per heavy atom. The average molecular weight is 264 g/mol. The molecule has 1 aromatic heterocycles. The highest BCUT2D eigenvalue weighted by Gasteiger charge is 2.26. The molecule has 1 saturated carbocycles. The Bertz CT molecular complexity index is 381. The second-order valence-corrected chi connectivity index (χ2v) is 4.96. The average Bonchev–Trinajstić information content (AvgIpc) is 2.39. The van der Waals surface area contributed by atoms with Crippen LogP contribution in [-0.4, -0.2) is 35.7 Å². The Kier molecular flexibility index (Phi) is 5.39. The number of anilines is 1. The van der Waals surface area contributed by atoms with Crippen LogP contribution in [0.15, 0.2) is 12.3 Å². The first-order valence-electron chi connectivity index (χ1n) is 7.27. The van der Waals surface area contributed by atoms with Crippen molar-refractivity contribution in [2.75, 3.05) is 24.6 Å². The fourth-order valence-electron chi connectivity index (χ4n) is 2.16. The van der Waals surface area contributed by atoms with E-state index in [1.165, 1.54) is 19.3 Å². The van der Waals surface area contributed by atoms with Gasteiger partial charge in [0.2, 0.25) is 11.8 Å². The number of hydrogen-bond donors (Lipinski definition) is 1. The molecule has 5 heteroatoms. The lowest BCUT2D eigenvalue weighted by Crippen LogP contribution is -2.42. The van der Waals surface area contributed by atoms with Crippen LogP contribution in [0.3, 0.4) is 0 Å². The molecule has 2 rings (SSSR count). The van der Waals surface area contributed by atoms with E-state index in [2.05, 4.69) is 21.8 Å². The number of nitrogens with zero attached hydrogens (tertiary/aromatic N) is 3. The van der Waals surface area contributed by atoms with Crippen molar-refractivity contribution in [3.05, 3.63) is 12.3 Å². The lowest BCUT2D eigenvalue weighted by atomic mass is 9.91. The highest BCUT2D eigenvalue weighted by Crippen LogP contribution is 2.28. The van der Waals surface area contributed by atoms with E-state index in [0.29, 0.717) is 25.1 Å². The molecule has 0 bridgehead atoms. The van der Waals surface area contributed by atoms with Gasteiger partial charge in [0.25, 0.3) is 0 Å². The zero-order valence-corrected chi connectivity index (χ0v) is 11.7. The summed E-state index contributed by atoms with van der Waals surface area (Å²) in [5, 5.41) is 0. The van der Waals surface area contributed by atoms with Crippen LogP contribution in [-0.2, 0) is 0 Å². The minimum atomic E-state index is 0.577. The summed E-state index contributed by atoms with van der Waals surface area (Å²) in [7, 11) is 0. The highest BCUT2D eigenvalue weighted by atomic mass is 16.5. The van der Waals surface area contributed by atoms with Crippen molar-refractivity contribution in [2.45, 2.75) is 45.1 Å². The van der Waals surface area contributed by atoms with E-state index in [-0.39, 0.29) is 0 Å². The summed E-state index contributed by atoms with van der Waals surface area (Å²) in [5.74, 6) is 1.45. The van der Waals surface area contributed by atoms with Crippen LogP contribution in [0.1, 0.15) is 39.0 Å². The van der Waals surface area contributed by atoms with Crippen molar-refractivity contribution >= 4 is 5.95 Å². The molecule has 0 unspecified atom stereocenters. The van der Waals surface area contributed by atoms with Gasteiger partial charge < -0.3 is 15.4 Å². The monoisotopic (exact) mass is 264 g/mol. The molecule has 1 aliphatic rings. The molecule has 1 fully saturated rings. The minimum Gasteiger partial charge on any atom is -0.478 e. The van der Waals surface area contributed by atoms with Crippen molar-refractivity contribution < 1.29 is 4.74 Å². The second kappa shape index (κ2) is 7.28. The van der Waals surface area contributed by atoms with Crippen molar-refractivity contribution in [1.29, 1.82) is 0 Å². The summed E-state index contributed by atoms with van der Waals surface area (Å²) < 4.78 is 5.58. The number of nitrogens with two attached hydrogens (primary N) is 1. The molecule has 1 aromatic rings. The van der Waals surface area contributed by atoms with Crippen LogP contribution in [0.4, 0.5) is 5.95 Å². The molecule has 2 N–H and O–H groups in total. The molecule has 0 amide bonds. The number of ether oxygens (including phenoxy) is 1. The SMILES string of the molecule is CCCOc1ccnc(N(CCCN)C2CCC2)n1. The quantitative estimate of drug-likeness (QED) is 0.777. The largest absolute Gasteiger partial charge is 0.478 e. The summed E-state index contributed by atoms with van der Waals surface area (Å²) in [4.78, 5) is 11.2. The second-order valence-electron chi connectivity index (χ2n) is 4.96. The summed E-state index contributed by atoms with van der Waals surface area (Å²) in [6.07, 6.45) is 7.50.